The molecule has 0 bridgehead atoms. The Morgan fingerprint density at radius 2 is 1.47 bits per heavy atom. The van der Waals surface area contributed by atoms with E-state index in [2.05, 4.69) is 24.4 Å². The number of carboxylic acids is 1. The lowest BCUT2D eigenvalue weighted by Gasteiger charge is -2.24. The molecule has 6 heteroatoms. The molecule has 0 heterocycles. The highest BCUT2D eigenvalue weighted by Gasteiger charge is 2.18. The highest BCUT2D eigenvalue weighted by Crippen LogP contribution is 2.31. The second kappa shape index (κ2) is 15.9. The third-order valence-corrected chi connectivity index (χ3v) is 7.66. The number of amides is 2. The fourth-order valence-electron chi connectivity index (χ4n) is 4.40. The van der Waals surface area contributed by atoms with Crippen molar-refractivity contribution in [2.45, 2.75) is 74.5 Å². The first-order valence-electron chi connectivity index (χ1n) is 13.7. The summed E-state index contributed by atoms with van der Waals surface area (Å²) in [6, 6.07) is 26.0. The third kappa shape index (κ3) is 9.25. The Bertz CT molecular complexity index is 1120. The van der Waals surface area contributed by atoms with Crippen LogP contribution in [0.3, 0.4) is 0 Å². The molecule has 1 unspecified atom stereocenters. The Balaban J connectivity index is 1.65. The average Bonchev–Trinajstić information content (AvgIpc) is 2.93. The molecule has 202 valence electrons. The van der Waals surface area contributed by atoms with E-state index < -0.39 is 11.9 Å². The van der Waals surface area contributed by atoms with Gasteiger partial charge in [-0.2, -0.15) is 0 Å². The van der Waals surface area contributed by atoms with E-state index in [0.29, 0.717) is 19.5 Å². The van der Waals surface area contributed by atoms with Crippen LogP contribution in [-0.2, 0) is 11.2 Å². The summed E-state index contributed by atoms with van der Waals surface area (Å²) in [7, 11) is 0. The predicted molar refractivity (Wildman–Crippen MR) is 157 cm³/mol. The molecular formula is C32H40N2O3S. The number of anilines is 1. The molecule has 0 saturated carbocycles. The molecule has 2 amide bonds. The topological polar surface area (TPSA) is 69.6 Å². The number of hydrogen-bond donors (Lipinski definition) is 2. The van der Waals surface area contributed by atoms with Crippen molar-refractivity contribution in [1.29, 1.82) is 0 Å². The minimum Gasteiger partial charge on any atom is -0.481 e. The maximum atomic E-state index is 13.2. The molecule has 0 aliphatic heterocycles. The number of carboxylic acid groups (broad SMARTS) is 1. The van der Waals surface area contributed by atoms with Crippen molar-refractivity contribution in [3.8, 4) is 0 Å². The lowest BCUT2D eigenvalue weighted by atomic mass is 9.97. The molecule has 2 N–H and O–H groups in total. The van der Waals surface area contributed by atoms with Crippen LogP contribution in [0, 0.1) is 0 Å². The number of nitrogens with zero attached hydrogens (tertiary/aromatic N) is 1. The summed E-state index contributed by atoms with van der Waals surface area (Å²) in [5, 5.41) is 12.5. The summed E-state index contributed by atoms with van der Waals surface area (Å²) < 4.78 is 0. The number of carbonyl (C=O) groups excluding carboxylic acids is 1. The molecule has 5 nitrogen and oxygen atoms in total. The zero-order chi connectivity index (χ0) is 27.2. The Morgan fingerprint density at radius 1 is 0.842 bits per heavy atom. The van der Waals surface area contributed by atoms with Gasteiger partial charge < -0.3 is 10.4 Å². The lowest BCUT2D eigenvalue weighted by Crippen LogP contribution is -2.41. The molecule has 1 atom stereocenters. The van der Waals surface area contributed by atoms with Crippen molar-refractivity contribution in [1.82, 2.24) is 5.32 Å². The van der Waals surface area contributed by atoms with Gasteiger partial charge in [0, 0.05) is 28.6 Å². The van der Waals surface area contributed by atoms with Crippen LogP contribution < -0.4 is 10.2 Å². The molecule has 0 aliphatic rings. The summed E-state index contributed by atoms with van der Waals surface area (Å²) in [4.78, 5) is 28.5. The SMILES string of the molecule is CCCCCCCNC(=O)N(CCc1ccccc1)c1ccc(Sc2ccc(C(CC)C(=O)O)cc2)cc1. The largest absolute Gasteiger partial charge is 0.481 e. The Labute approximate surface area is 231 Å². The highest BCUT2D eigenvalue weighted by atomic mass is 32.2. The molecule has 0 aromatic heterocycles. The fraction of sp³-hybridized carbons (Fsp3) is 0.375. The molecule has 0 radical (unpaired) electrons. The summed E-state index contributed by atoms with van der Waals surface area (Å²) in [5.74, 6) is -1.27. The Kier molecular flexibility index (Phi) is 12.2. The minimum absolute atomic E-state index is 0.0590. The zero-order valence-corrected chi connectivity index (χ0v) is 23.4. The molecule has 0 saturated heterocycles. The minimum atomic E-state index is -0.791. The smallest absolute Gasteiger partial charge is 0.321 e. The quantitative estimate of drug-likeness (QED) is 0.194. The van der Waals surface area contributed by atoms with Gasteiger partial charge in [0.15, 0.2) is 0 Å². The molecule has 38 heavy (non-hydrogen) atoms. The molecule has 0 fully saturated rings. The van der Waals surface area contributed by atoms with Crippen molar-refractivity contribution in [3.63, 3.8) is 0 Å². The monoisotopic (exact) mass is 532 g/mol. The third-order valence-electron chi connectivity index (χ3n) is 6.64. The van der Waals surface area contributed by atoms with Crippen molar-refractivity contribution in [2.75, 3.05) is 18.0 Å². The molecule has 0 spiro atoms. The van der Waals surface area contributed by atoms with E-state index in [0.717, 1.165) is 40.3 Å². The number of nitrogens with one attached hydrogen (secondary N) is 1. The molecule has 0 aliphatic carbocycles. The van der Waals surface area contributed by atoms with E-state index in [9.17, 15) is 14.7 Å². The van der Waals surface area contributed by atoms with Crippen LogP contribution in [0.4, 0.5) is 10.5 Å². The van der Waals surface area contributed by atoms with Crippen molar-refractivity contribution < 1.29 is 14.7 Å². The summed E-state index contributed by atoms with van der Waals surface area (Å²) >= 11 is 1.62. The van der Waals surface area contributed by atoms with Crippen molar-refractivity contribution in [2.24, 2.45) is 0 Å². The second-order valence-electron chi connectivity index (χ2n) is 9.50. The highest BCUT2D eigenvalue weighted by molar-refractivity contribution is 7.99. The first-order valence-corrected chi connectivity index (χ1v) is 14.5. The van der Waals surface area contributed by atoms with Crippen LogP contribution in [0.15, 0.2) is 88.7 Å². The van der Waals surface area contributed by atoms with Gasteiger partial charge in [0.2, 0.25) is 0 Å². The average molecular weight is 533 g/mol. The zero-order valence-electron chi connectivity index (χ0n) is 22.6. The predicted octanol–water partition coefficient (Wildman–Crippen LogP) is 8.15. The normalized spacial score (nSPS) is 11.6. The summed E-state index contributed by atoms with van der Waals surface area (Å²) in [6.07, 6.45) is 7.15. The van der Waals surface area contributed by atoms with Gasteiger partial charge in [-0.25, -0.2) is 4.79 Å². The first-order chi connectivity index (χ1) is 18.5. The van der Waals surface area contributed by atoms with Crippen molar-refractivity contribution in [3.05, 3.63) is 90.0 Å². The van der Waals surface area contributed by atoms with Crippen LogP contribution >= 0.6 is 11.8 Å². The van der Waals surface area contributed by atoms with Gasteiger partial charge in [-0.1, -0.05) is 93.8 Å². The number of hydrogen-bond acceptors (Lipinski definition) is 3. The van der Waals surface area contributed by atoms with E-state index in [1.807, 2.05) is 78.6 Å². The van der Waals surface area contributed by atoms with Crippen LogP contribution in [0.5, 0.6) is 0 Å². The van der Waals surface area contributed by atoms with Crippen LogP contribution in [-0.4, -0.2) is 30.2 Å². The number of urea groups is 1. The van der Waals surface area contributed by atoms with Gasteiger partial charge in [0.25, 0.3) is 0 Å². The standard InChI is InChI=1S/C32H40N2O3S/c1-3-5-6-7-11-23-33-32(37)34(24-22-25-12-9-8-10-13-25)27-16-20-29(21-17-27)38-28-18-14-26(15-19-28)30(4-2)31(35)36/h8-10,12-21,30H,3-7,11,22-24H2,1-2H3,(H,33,37)(H,35,36). The van der Waals surface area contributed by atoms with Crippen molar-refractivity contribution >= 4 is 29.4 Å². The van der Waals surface area contributed by atoms with E-state index in [4.69, 9.17) is 0 Å². The van der Waals surface area contributed by atoms with Gasteiger partial charge in [0.1, 0.15) is 0 Å². The van der Waals surface area contributed by atoms with E-state index >= 15 is 0 Å². The Hall–Kier alpha value is -3.25. The first kappa shape index (κ1) is 29.3. The maximum Gasteiger partial charge on any atom is 0.321 e. The van der Waals surface area contributed by atoms with Gasteiger partial charge in [-0.15, -0.1) is 0 Å². The van der Waals surface area contributed by atoms with E-state index in [1.165, 1.54) is 24.8 Å². The summed E-state index contributed by atoms with van der Waals surface area (Å²) in [5.41, 5.74) is 2.90. The van der Waals surface area contributed by atoms with Crippen LogP contribution in [0.2, 0.25) is 0 Å². The fourth-order valence-corrected chi connectivity index (χ4v) is 5.22. The van der Waals surface area contributed by atoms with Gasteiger partial charge in [0.05, 0.1) is 5.92 Å². The maximum absolute atomic E-state index is 13.2. The number of benzene rings is 3. The van der Waals surface area contributed by atoms with Gasteiger partial charge in [-0.3, -0.25) is 9.69 Å². The second-order valence-corrected chi connectivity index (χ2v) is 10.6. The Morgan fingerprint density at radius 3 is 2.08 bits per heavy atom. The number of carbonyl (C=O) groups is 2. The van der Waals surface area contributed by atoms with Gasteiger partial charge in [-0.05, 0) is 66.8 Å². The molecule has 3 aromatic rings. The number of aliphatic carboxylic acids is 1. The van der Waals surface area contributed by atoms with E-state index in [1.54, 1.807) is 11.8 Å². The molecule has 3 aromatic carbocycles. The number of unbranched alkanes of at least 4 members (excludes halogenated alkanes) is 4. The molecular weight excluding hydrogens is 492 g/mol. The summed E-state index contributed by atoms with van der Waals surface area (Å²) in [6.45, 7) is 5.38. The lowest BCUT2D eigenvalue weighted by molar-refractivity contribution is -0.138. The van der Waals surface area contributed by atoms with Gasteiger partial charge >= 0.3 is 12.0 Å². The number of rotatable bonds is 15. The van der Waals surface area contributed by atoms with Crippen LogP contribution in [0.25, 0.3) is 0 Å². The molecule has 3 rings (SSSR count). The van der Waals surface area contributed by atoms with E-state index in [-0.39, 0.29) is 6.03 Å². The van der Waals surface area contributed by atoms with Crippen LogP contribution in [0.1, 0.15) is 69.4 Å².